The average Bonchev–Trinajstić information content (AvgIpc) is 2.73. The maximum Gasteiger partial charge on any atom is 0.416 e. The van der Waals surface area contributed by atoms with E-state index in [9.17, 15) is 26.4 Å². The molecule has 1 aliphatic rings. The Labute approximate surface area is 178 Å². The van der Waals surface area contributed by atoms with E-state index >= 15 is 0 Å². The van der Waals surface area contributed by atoms with Crippen molar-refractivity contribution in [3.05, 3.63) is 65.2 Å². The highest BCUT2D eigenvalue weighted by Gasteiger charge is 2.42. The van der Waals surface area contributed by atoms with Crippen molar-refractivity contribution in [1.82, 2.24) is 5.32 Å². The molecule has 3 N–H and O–H groups in total. The molecule has 31 heavy (non-hydrogen) atoms. The van der Waals surface area contributed by atoms with E-state index < -0.39 is 27.2 Å². The monoisotopic (exact) mass is 456 g/mol. The van der Waals surface area contributed by atoms with Gasteiger partial charge in [-0.3, -0.25) is 4.79 Å². The summed E-state index contributed by atoms with van der Waals surface area (Å²) in [5.41, 5.74) is -0.788. The molecule has 1 amide bonds. The number of rotatable bonds is 6. The van der Waals surface area contributed by atoms with E-state index in [4.69, 9.17) is 9.88 Å². The first-order chi connectivity index (χ1) is 14.5. The Bertz CT molecular complexity index is 1030. The molecule has 0 atom stereocenters. The minimum absolute atomic E-state index is 0.00834. The number of hydrogen-bond acceptors (Lipinski definition) is 4. The van der Waals surface area contributed by atoms with Crippen LogP contribution in [0.4, 0.5) is 13.2 Å². The summed E-state index contributed by atoms with van der Waals surface area (Å²) in [5.74, 6) is -0.351. The fourth-order valence-corrected chi connectivity index (χ4v) is 4.21. The summed E-state index contributed by atoms with van der Waals surface area (Å²) < 4.78 is 67.5. The summed E-state index contributed by atoms with van der Waals surface area (Å²) >= 11 is 0. The number of benzene rings is 2. The predicted octanol–water partition coefficient (Wildman–Crippen LogP) is 2.76. The first-order valence-electron chi connectivity index (χ1n) is 9.68. The second-order valence-electron chi connectivity index (χ2n) is 7.47. The highest BCUT2D eigenvalue weighted by Crippen LogP contribution is 2.38. The van der Waals surface area contributed by atoms with Gasteiger partial charge in [0, 0.05) is 19.8 Å². The largest absolute Gasteiger partial charge is 0.416 e. The Morgan fingerprint density at radius 1 is 1.10 bits per heavy atom. The van der Waals surface area contributed by atoms with E-state index in [0.717, 1.165) is 17.7 Å². The third-order valence-electron chi connectivity index (χ3n) is 5.47. The zero-order valence-electron chi connectivity index (χ0n) is 16.6. The fraction of sp³-hybridized carbons (Fsp3) is 0.381. The second kappa shape index (κ2) is 8.97. The molecule has 1 fully saturated rings. The number of ether oxygens (including phenoxy) is 1. The van der Waals surface area contributed by atoms with Crippen LogP contribution >= 0.6 is 0 Å². The molecule has 0 spiro atoms. The van der Waals surface area contributed by atoms with Crippen LogP contribution in [0.3, 0.4) is 0 Å². The predicted molar refractivity (Wildman–Crippen MR) is 108 cm³/mol. The maximum absolute atomic E-state index is 13.2. The van der Waals surface area contributed by atoms with Crippen molar-refractivity contribution in [2.24, 2.45) is 5.14 Å². The molecule has 0 unspecified atom stereocenters. The first kappa shape index (κ1) is 23.2. The van der Waals surface area contributed by atoms with E-state index in [1.54, 1.807) is 18.2 Å². The molecule has 10 heteroatoms. The van der Waals surface area contributed by atoms with Gasteiger partial charge in [0.05, 0.1) is 15.9 Å². The van der Waals surface area contributed by atoms with Gasteiger partial charge in [0.25, 0.3) is 0 Å². The van der Waals surface area contributed by atoms with Crippen molar-refractivity contribution < 1.29 is 31.1 Å². The van der Waals surface area contributed by atoms with Gasteiger partial charge >= 0.3 is 6.18 Å². The van der Waals surface area contributed by atoms with E-state index in [-0.39, 0.29) is 43.4 Å². The third kappa shape index (κ3) is 5.44. The maximum atomic E-state index is 13.2. The van der Waals surface area contributed by atoms with Crippen LogP contribution in [0.1, 0.15) is 29.5 Å². The molecule has 3 rings (SSSR count). The van der Waals surface area contributed by atoms with E-state index in [0.29, 0.717) is 12.0 Å². The Morgan fingerprint density at radius 2 is 1.74 bits per heavy atom. The summed E-state index contributed by atoms with van der Waals surface area (Å²) in [5, 5.41) is 7.90. The van der Waals surface area contributed by atoms with Gasteiger partial charge in [-0.2, -0.15) is 13.2 Å². The van der Waals surface area contributed by atoms with Crippen molar-refractivity contribution in [3.8, 4) is 0 Å². The first-order valence-corrected chi connectivity index (χ1v) is 11.2. The lowest BCUT2D eigenvalue weighted by Crippen LogP contribution is -2.48. The van der Waals surface area contributed by atoms with E-state index in [2.05, 4.69) is 5.32 Å². The highest BCUT2D eigenvalue weighted by molar-refractivity contribution is 7.89. The molecule has 2 aromatic carbocycles. The summed E-state index contributed by atoms with van der Waals surface area (Å²) in [6.45, 7) is 0.798. The highest BCUT2D eigenvalue weighted by atomic mass is 32.2. The average molecular weight is 456 g/mol. The number of halogens is 3. The van der Waals surface area contributed by atoms with Crippen LogP contribution < -0.4 is 10.5 Å². The minimum Gasteiger partial charge on any atom is -0.381 e. The molecule has 0 saturated carbocycles. The zero-order chi connectivity index (χ0) is 22.7. The van der Waals surface area contributed by atoms with Crippen molar-refractivity contribution in [3.63, 3.8) is 0 Å². The SMILES string of the molecule is NS(=O)(=O)c1ccc(CCNC(=O)C2(c3cccc(C(F)(F)F)c3)CCOCC2)cc1. The number of alkyl halides is 3. The van der Waals surface area contributed by atoms with E-state index in [1.165, 1.54) is 18.2 Å². The Balaban J connectivity index is 1.74. The lowest BCUT2D eigenvalue weighted by molar-refractivity contribution is -0.138. The quantitative estimate of drug-likeness (QED) is 0.698. The second-order valence-corrected chi connectivity index (χ2v) is 9.03. The van der Waals surface area contributed by atoms with Crippen LogP contribution in [0.25, 0.3) is 0 Å². The van der Waals surface area contributed by atoms with E-state index in [1.807, 2.05) is 0 Å². The molecule has 0 radical (unpaired) electrons. The Kier molecular flexibility index (Phi) is 6.73. The summed E-state index contributed by atoms with van der Waals surface area (Å²) in [6.07, 6.45) is -3.51. The number of carbonyl (C=O) groups excluding carboxylic acids is 1. The van der Waals surface area contributed by atoms with Gasteiger partial charge in [-0.25, -0.2) is 13.6 Å². The molecule has 1 saturated heterocycles. The number of amides is 1. The molecule has 0 aliphatic carbocycles. The van der Waals surface area contributed by atoms with Gasteiger partial charge in [0.15, 0.2) is 0 Å². The summed E-state index contributed by atoms with van der Waals surface area (Å²) in [7, 11) is -3.78. The van der Waals surface area contributed by atoms with Crippen molar-refractivity contribution in [2.75, 3.05) is 19.8 Å². The molecular formula is C21H23F3N2O4S. The van der Waals surface area contributed by atoms with Crippen molar-refractivity contribution >= 4 is 15.9 Å². The van der Waals surface area contributed by atoms with Gasteiger partial charge in [-0.15, -0.1) is 0 Å². The summed E-state index contributed by atoms with van der Waals surface area (Å²) in [4.78, 5) is 13.1. The number of primary sulfonamides is 1. The molecule has 2 aromatic rings. The van der Waals surface area contributed by atoms with Crippen molar-refractivity contribution in [2.45, 2.75) is 35.7 Å². The normalized spacial score (nSPS) is 16.6. The third-order valence-corrected chi connectivity index (χ3v) is 6.40. The van der Waals surface area contributed by atoms with Gasteiger partial charge in [-0.05, 0) is 48.6 Å². The minimum atomic E-state index is -4.50. The summed E-state index contributed by atoms with van der Waals surface area (Å²) in [6, 6.07) is 10.9. The smallest absolute Gasteiger partial charge is 0.381 e. The molecule has 1 heterocycles. The molecule has 1 aliphatic heterocycles. The lowest BCUT2D eigenvalue weighted by Gasteiger charge is -2.36. The Morgan fingerprint density at radius 3 is 2.32 bits per heavy atom. The molecule has 0 bridgehead atoms. The van der Waals surface area contributed by atoms with Gasteiger partial charge in [0.1, 0.15) is 0 Å². The van der Waals surface area contributed by atoms with Crippen LogP contribution in [0, 0.1) is 0 Å². The topological polar surface area (TPSA) is 98.5 Å². The van der Waals surface area contributed by atoms with Crippen LogP contribution in [0.2, 0.25) is 0 Å². The van der Waals surface area contributed by atoms with Gasteiger partial charge in [-0.1, -0.05) is 30.3 Å². The van der Waals surface area contributed by atoms with Gasteiger partial charge < -0.3 is 10.1 Å². The molecule has 6 nitrogen and oxygen atoms in total. The number of hydrogen-bond donors (Lipinski definition) is 2. The lowest BCUT2D eigenvalue weighted by atomic mass is 9.73. The van der Waals surface area contributed by atoms with Crippen LogP contribution in [-0.2, 0) is 37.6 Å². The fourth-order valence-electron chi connectivity index (χ4n) is 3.70. The Hall–Kier alpha value is -2.43. The van der Waals surface area contributed by atoms with Crippen molar-refractivity contribution in [1.29, 1.82) is 0 Å². The van der Waals surface area contributed by atoms with Crippen LogP contribution in [0.5, 0.6) is 0 Å². The zero-order valence-corrected chi connectivity index (χ0v) is 17.4. The standard InChI is InChI=1S/C21H23F3N2O4S/c22-21(23,24)17-3-1-2-16(14-17)20(9-12-30-13-10-20)19(27)26-11-8-15-4-6-18(7-5-15)31(25,28)29/h1-7,14H,8-13H2,(H,26,27)(H2,25,28,29). The number of nitrogens with one attached hydrogen (secondary N) is 1. The van der Waals surface area contributed by atoms with Crippen LogP contribution in [0.15, 0.2) is 53.4 Å². The molecule has 168 valence electrons. The molecular weight excluding hydrogens is 433 g/mol. The number of nitrogens with two attached hydrogens (primary N) is 1. The van der Waals surface area contributed by atoms with Crippen LogP contribution in [-0.4, -0.2) is 34.1 Å². The number of carbonyl (C=O) groups is 1. The number of sulfonamides is 1. The molecule has 0 aromatic heterocycles. The van der Waals surface area contributed by atoms with Gasteiger partial charge in [0.2, 0.25) is 15.9 Å².